The molecule has 0 atom stereocenters. The zero-order valence-corrected chi connectivity index (χ0v) is 14.9. The van der Waals surface area contributed by atoms with Gasteiger partial charge in [-0.25, -0.2) is 17.5 Å². The van der Waals surface area contributed by atoms with Crippen LogP contribution in [-0.2, 0) is 15.8 Å². The normalized spacial score (nSPS) is 11.2. The lowest BCUT2D eigenvalue weighted by molar-refractivity contribution is 0.583. The van der Waals surface area contributed by atoms with E-state index in [0.717, 1.165) is 17.7 Å². The van der Waals surface area contributed by atoms with Crippen molar-refractivity contribution >= 4 is 33.4 Å². The van der Waals surface area contributed by atoms with Crippen LogP contribution in [0.1, 0.15) is 11.1 Å². The molecule has 0 bridgehead atoms. The van der Waals surface area contributed by atoms with E-state index in [1.54, 1.807) is 12.1 Å². The van der Waals surface area contributed by atoms with Crippen molar-refractivity contribution in [3.05, 3.63) is 64.4 Å². The molecule has 0 saturated heterocycles. The Morgan fingerprint density at radius 1 is 1.25 bits per heavy atom. The van der Waals surface area contributed by atoms with E-state index < -0.39 is 15.8 Å². The molecule has 0 amide bonds. The first-order chi connectivity index (χ1) is 11.4. The van der Waals surface area contributed by atoms with Crippen molar-refractivity contribution < 1.29 is 12.8 Å². The highest BCUT2D eigenvalue weighted by Gasteiger charge is 2.15. The summed E-state index contributed by atoms with van der Waals surface area (Å²) in [6, 6.07) is 12.7. The Morgan fingerprint density at radius 2 is 2.00 bits per heavy atom. The summed E-state index contributed by atoms with van der Waals surface area (Å²) in [7, 11) is -3.72. The smallest absolute Gasteiger partial charge is 0.210 e. The van der Waals surface area contributed by atoms with E-state index >= 15 is 0 Å². The van der Waals surface area contributed by atoms with Gasteiger partial charge < -0.3 is 0 Å². The SMILES string of the molecule is N#Cc1ccccc1CSCCNS(=O)(=O)c1ccc(F)c(Cl)c1. The minimum absolute atomic E-state index is 0.0753. The average molecular weight is 385 g/mol. The van der Waals surface area contributed by atoms with Crippen LogP contribution in [0.25, 0.3) is 0 Å². The third-order valence-corrected chi connectivity index (χ3v) is 5.89. The summed E-state index contributed by atoms with van der Waals surface area (Å²) in [5.74, 6) is 0.490. The number of nitriles is 1. The molecule has 2 aromatic rings. The number of hydrogen-bond acceptors (Lipinski definition) is 4. The second-order valence-electron chi connectivity index (χ2n) is 4.80. The van der Waals surface area contributed by atoms with Crippen molar-refractivity contribution in [1.82, 2.24) is 4.72 Å². The number of hydrogen-bond donors (Lipinski definition) is 1. The molecule has 0 unspecified atom stereocenters. The summed E-state index contributed by atoms with van der Waals surface area (Å²) in [5, 5.41) is 8.77. The lowest BCUT2D eigenvalue weighted by Crippen LogP contribution is -2.26. The van der Waals surface area contributed by atoms with E-state index in [-0.39, 0.29) is 16.5 Å². The fourth-order valence-electron chi connectivity index (χ4n) is 1.91. The lowest BCUT2D eigenvalue weighted by atomic mass is 10.1. The molecule has 0 aliphatic rings. The molecular formula is C16H14ClFN2O2S2. The summed E-state index contributed by atoms with van der Waals surface area (Å²) in [6.07, 6.45) is 0. The summed E-state index contributed by atoms with van der Waals surface area (Å²) >= 11 is 7.12. The standard InChI is InChI=1S/C16H14ClFN2O2S2/c17-15-9-14(5-6-16(15)18)24(21,22)20-7-8-23-11-13-4-2-1-3-12(13)10-19/h1-6,9,20H,7-8,11H2. The van der Waals surface area contributed by atoms with E-state index in [2.05, 4.69) is 10.8 Å². The highest BCUT2D eigenvalue weighted by atomic mass is 35.5. The fourth-order valence-corrected chi connectivity index (χ4v) is 4.21. The Balaban J connectivity index is 1.85. The Morgan fingerprint density at radius 3 is 2.71 bits per heavy atom. The fraction of sp³-hybridized carbons (Fsp3) is 0.188. The van der Waals surface area contributed by atoms with Gasteiger partial charge in [0.25, 0.3) is 0 Å². The van der Waals surface area contributed by atoms with E-state index in [1.807, 2.05) is 12.1 Å². The zero-order valence-electron chi connectivity index (χ0n) is 12.5. The van der Waals surface area contributed by atoms with Crippen molar-refractivity contribution in [3.63, 3.8) is 0 Å². The van der Waals surface area contributed by atoms with Crippen LogP contribution in [0.4, 0.5) is 4.39 Å². The number of benzene rings is 2. The maximum atomic E-state index is 13.1. The van der Waals surface area contributed by atoms with Crippen LogP contribution in [0.5, 0.6) is 0 Å². The third-order valence-electron chi connectivity index (χ3n) is 3.14. The number of nitrogens with zero attached hydrogens (tertiary/aromatic N) is 1. The quantitative estimate of drug-likeness (QED) is 0.741. The van der Waals surface area contributed by atoms with E-state index in [0.29, 0.717) is 17.1 Å². The van der Waals surface area contributed by atoms with Crippen molar-refractivity contribution in [1.29, 1.82) is 5.26 Å². The maximum Gasteiger partial charge on any atom is 0.240 e. The molecule has 0 aliphatic heterocycles. The minimum Gasteiger partial charge on any atom is -0.210 e. The topological polar surface area (TPSA) is 70.0 Å². The molecule has 0 heterocycles. The molecule has 2 aromatic carbocycles. The van der Waals surface area contributed by atoms with Gasteiger partial charge in [0.2, 0.25) is 10.0 Å². The molecule has 0 aliphatic carbocycles. The predicted octanol–water partition coefficient (Wildman–Crippen LogP) is 3.56. The van der Waals surface area contributed by atoms with Crippen molar-refractivity contribution in [2.24, 2.45) is 0 Å². The van der Waals surface area contributed by atoms with E-state index in [1.165, 1.54) is 17.8 Å². The van der Waals surface area contributed by atoms with Gasteiger partial charge in [-0.3, -0.25) is 0 Å². The summed E-state index contributed by atoms with van der Waals surface area (Å²) in [5.41, 5.74) is 1.53. The average Bonchev–Trinajstić information content (AvgIpc) is 2.57. The Kier molecular flexibility index (Phi) is 6.63. The van der Waals surface area contributed by atoms with Crippen LogP contribution in [-0.4, -0.2) is 20.7 Å². The number of rotatable bonds is 7. The van der Waals surface area contributed by atoms with E-state index in [9.17, 15) is 12.8 Å². The Hall–Kier alpha value is -1.59. The second kappa shape index (κ2) is 8.49. The van der Waals surface area contributed by atoms with Gasteiger partial charge >= 0.3 is 0 Å². The molecule has 0 aromatic heterocycles. The summed E-state index contributed by atoms with van der Waals surface area (Å²) < 4.78 is 39.7. The van der Waals surface area contributed by atoms with Crippen LogP contribution in [0, 0.1) is 17.1 Å². The first-order valence-electron chi connectivity index (χ1n) is 6.94. The zero-order chi connectivity index (χ0) is 17.6. The molecule has 2 rings (SSSR count). The summed E-state index contributed by atoms with van der Waals surface area (Å²) in [6.45, 7) is 0.219. The molecule has 0 spiro atoms. The van der Waals surface area contributed by atoms with Crippen LogP contribution >= 0.6 is 23.4 Å². The van der Waals surface area contributed by atoms with Crippen molar-refractivity contribution in [2.45, 2.75) is 10.6 Å². The Labute approximate surface area is 149 Å². The van der Waals surface area contributed by atoms with Gasteiger partial charge in [-0.15, -0.1) is 0 Å². The molecular weight excluding hydrogens is 371 g/mol. The maximum absolute atomic E-state index is 13.1. The Bertz CT molecular complexity index is 867. The van der Waals surface area contributed by atoms with Gasteiger partial charge in [-0.05, 0) is 29.8 Å². The van der Waals surface area contributed by atoms with Gasteiger partial charge in [-0.1, -0.05) is 29.8 Å². The lowest BCUT2D eigenvalue weighted by Gasteiger charge is -2.08. The first kappa shape index (κ1) is 18.7. The molecule has 0 saturated carbocycles. The minimum atomic E-state index is -3.72. The highest BCUT2D eigenvalue weighted by Crippen LogP contribution is 2.19. The number of sulfonamides is 1. The molecule has 1 N–H and O–H groups in total. The van der Waals surface area contributed by atoms with Crippen LogP contribution in [0.2, 0.25) is 5.02 Å². The van der Waals surface area contributed by atoms with Crippen LogP contribution in [0.3, 0.4) is 0 Å². The molecule has 0 radical (unpaired) electrons. The van der Waals surface area contributed by atoms with Crippen LogP contribution < -0.4 is 4.72 Å². The van der Waals surface area contributed by atoms with Gasteiger partial charge in [0.05, 0.1) is 21.6 Å². The molecule has 24 heavy (non-hydrogen) atoms. The van der Waals surface area contributed by atoms with Gasteiger partial charge in [0.1, 0.15) is 5.82 Å². The number of halogens is 2. The van der Waals surface area contributed by atoms with Gasteiger partial charge in [0.15, 0.2) is 0 Å². The largest absolute Gasteiger partial charge is 0.240 e. The van der Waals surface area contributed by atoms with Gasteiger partial charge in [-0.2, -0.15) is 17.0 Å². The summed E-state index contributed by atoms with van der Waals surface area (Å²) in [4.78, 5) is -0.0753. The number of thioether (sulfide) groups is 1. The first-order valence-corrected chi connectivity index (χ1v) is 9.96. The molecule has 8 heteroatoms. The van der Waals surface area contributed by atoms with E-state index in [4.69, 9.17) is 16.9 Å². The van der Waals surface area contributed by atoms with Crippen molar-refractivity contribution in [3.8, 4) is 6.07 Å². The third kappa shape index (κ3) is 4.95. The molecule has 126 valence electrons. The van der Waals surface area contributed by atoms with Gasteiger partial charge in [0, 0.05) is 18.1 Å². The highest BCUT2D eigenvalue weighted by molar-refractivity contribution is 7.98. The van der Waals surface area contributed by atoms with Crippen molar-refractivity contribution in [2.75, 3.05) is 12.3 Å². The number of nitrogens with one attached hydrogen (secondary N) is 1. The predicted molar refractivity (Wildman–Crippen MR) is 93.9 cm³/mol. The monoisotopic (exact) mass is 384 g/mol. The molecule has 4 nitrogen and oxygen atoms in total. The second-order valence-corrected chi connectivity index (χ2v) is 8.07. The van der Waals surface area contributed by atoms with Crippen LogP contribution in [0.15, 0.2) is 47.4 Å². The molecule has 0 fully saturated rings.